The molecule has 0 bridgehead atoms. The van der Waals surface area contributed by atoms with Crippen molar-refractivity contribution in [2.45, 2.75) is 69.9 Å². The first-order chi connectivity index (χ1) is 8.78. The molecular weight excluding hydrogens is 224 g/mol. The summed E-state index contributed by atoms with van der Waals surface area (Å²) < 4.78 is 5.96. The van der Waals surface area contributed by atoms with Crippen molar-refractivity contribution in [2.24, 2.45) is 5.92 Å². The van der Waals surface area contributed by atoms with Gasteiger partial charge in [0.05, 0.1) is 12.2 Å². The van der Waals surface area contributed by atoms with Gasteiger partial charge in [0, 0.05) is 13.0 Å². The summed E-state index contributed by atoms with van der Waals surface area (Å²) in [6, 6.07) is 2.47. The molecule has 3 nitrogen and oxygen atoms in total. The molecule has 18 heavy (non-hydrogen) atoms. The Balaban J connectivity index is 1.67. The fourth-order valence-corrected chi connectivity index (χ4v) is 2.99. The first kappa shape index (κ1) is 13.8. The highest BCUT2D eigenvalue weighted by atomic mass is 16.5. The summed E-state index contributed by atoms with van der Waals surface area (Å²) >= 11 is 0. The first-order valence-corrected chi connectivity index (χ1v) is 7.56. The van der Waals surface area contributed by atoms with Crippen LogP contribution in [0.1, 0.15) is 58.3 Å². The second kappa shape index (κ2) is 6.54. The molecule has 0 aliphatic heterocycles. The minimum atomic E-state index is -0.308. The van der Waals surface area contributed by atoms with Gasteiger partial charge in [0.1, 0.15) is 5.54 Å². The lowest BCUT2D eigenvalue weighted by atomic mass is 9.83. The number of nitrogens with one attached hydrogen (secondary N) is 1. The minimum absolute atomic E-state index is 0.300. The van der Waals surface area contributed by atoms with Crippen molar-refractivity contribution in [1.29, 1.82) is 5.26 Å². The molecular formula is C15H26N2O. The zero-order valence-corrected chi connectivity index (χ0v) is 11.6. The highest BCUT2D eigenvalue weighted by Gasteiger charge is 2.39. The third-order valence-corrected chi connectivity index (χ3v) is 4.50. The van der Waals surface area contributed by atoms with E-state index in [-0.39, 0.29) is 5.54 Å². The van der Waals surface area contributed by atoms with Crippen LogP contribution < -0.4 is 5.32 Å². The van der Waals surface area contributed by atoms with Gasteiger partial charge in [0.15, 0.2) is 0 Å². The van der Waals surface area contributed by atoms with Crippen molar-refractivity contribution in [1.82, 2.24) is 5.32 Å². The Bertz CT molecular complexity index is 295. The lowest BCUT2D eigenvalue weighted by molar-refractivity contribution is 0.0393. The SMILES string of the molecule is CCCNC1(C#N)CCC(OCCC2CCC2)C1. The Hall–Kier alpha value is -0.590. The van der Waals surface area contributed by atoms with Crippen LogP contribution in [-0.2, 0) is 4.74 Å². The molecule has 0 aromatic heterocycles. The number of nitriles is 1. The van der Waals surface area contributed by atoms with Gasteiger partial charge in [0.2, 0.25) is 0 Å². The van der Waals surface area contributed by atoms with Gasteiger partial charge in [0.25, 0.3) is 0 Å². The van der Waals surface area contributed by atoms with Gasteiger partial charge in [-0.2, -0.15) is 5.26 Å². The second-order valence-corrected chi connectivity index (χ2v) is 5.94. The molecule has 2 fully saturated rings. The molecule has 3 heteroatoms. The van der Waals surface area contributed by atoms with Crippen molar-refractivity contribution in [3.8, 4) is 6.07 Å². The number of rotatable bonds is 7. The Morgan fingerprint density at radius 1 is 1.39 bits per heavy atom. The molecule has 2 atom stereocenters. The monoisotopic (exact) mass is 250 g/mol. The summed E-state index contributed by atoms with van der Waals surface area (Å²) in [6.07, 6.45) is 9.65. The van der Waals surface area contributed by atoms with Crippen LogP contribution >= 0.6 is 0 Å². The van der Waals surface area contributed by atoms with E-state index in [4.69, 9.17) is 4.74 Å². The van der Waals surface area contributed by atoms with Gasteiger partial charge in [-0.15, -0.1) is 0 Å². The number of hydrogen-bond acceptors (Lipinski definition) is 3. The lowest BCUT2D eigenvalue weighted by Gasteiger charge is -2.26. The maximum atomic E-state index is 9.35. The molecule has 2 rings (SSSR count). The molecule has 0 spiro atoms. The smallest absolute Gasteiger partial charge is 0.109 e. The quantitative estimate of drug-likeness (QED) is 0.755. The van der Waals surface area contributed by atoms with E-state index in [1.165, 1.54) is 25.7 Å². The van der Waals surface area contributed by atoms with E-state index in [0.717, 1.165) is 44.8 Å². The zero-order chi connectivity index (χ0) is 12.8. The Kier molecular flexibility index (Phi) is 5.03. The van der Waals surface area contributed by atoms with Gasteiger partial charge < -0.3 is 4.74 Å². The van der Waals surface area contributed by atoms with Crippen LogP contribution in [0.4, 0.5) is 0 Å². The number of ether oxygens (including phenoxy) is 1. The molecule has 102 valence electrons. The van der Waals surface area contributed by atoms with Crippen LogP contribution in [0.25, 0.3) is 0 Å². The summed E-state index contributed by atoms with van der Waals surface area (Å²) in [6.45, 7) is 3.96. The van der Waals surface area contributed by atoms with E-state index in [0.29, 0.717) is 6.10 Å². The summed E-state index contributed by atoms with van der Waals surface area (Å²) in [7, 11) is 0. The van der Waals surface area contributed by atoms with Crippen molar-refractivity contribution >= 4 is 0 Å². The Morgan fingerprint density at radius 2 is 2.22 bits per heavy atom. The largest absolute Gasteiger partial charge is 0.378 e. The maximum Gasteiger partial charge on any atom is 0.109 e. The van der Waals surface area contributed by atoms with Crippen LogP contribution in [-0.4, -0.2) is 24.8 Å². The van der Waals surface area contributed by atoms with Gasteiger partial charge in [-0.05, 0) is 38.1 Å². The molecule has 1 N–H and O–H groups in total. The highest BCUT2D eigenvalue weighted by Crippen LogP contribution is 2.33. The normalized spacial score (nSPS) is 32.1. The van der Waals surface area contributed by atoms with E-state index in [1.54, 1.807) is 0 Å². The van der Waals surface area contributed by atoms with Gasteiger partial charge >= 0.3 is 0 Å². The summed E-state index contributed by atoms with van der Waals surface area (Å²) in [4.78, 5) is 0. The van der Waals surface area contributed by atoms with E-state index in [2.05, 4.69) is 18.3 Å². The fraction of sp³-hybridized carbons (Fsp3) is 0.933. The topological polar surface area (TPSA) is 45.0 Å². The summed E-state index contributed by atoms with van der Waals surface area (Å²) in [5.41, 5.74) is -0.308. The van der Waals surface area contributed by atoms with E-state index >= 15 is 0 Å². The van der Waals surface area contributed by atoms with Crippen molar-refractivity contribution in [2.75, 3.05) is 13.2 Å². The Labute approximate surface area is 111 Å². The lowest BCUT2D eigenvalue weighted by Crippen LogP contribution is -2.42. The third kappa shape index (κ3) is 3.46. The van der Waals surface area contributed by atoms with Gasteiger partial charge in [-0.1, -0.05) is 26.2 Å². The maximum absolute atomic E-state index is 9.35. The highest BCUT2D eigenvalue weighted by molar-refractivity contribution is 5.12. The van der Waals surface area contributed by atoms with E-state index in [1.807, 2.05) is 0 Å². The second-order valence-electron chi connectivity index (χ2n) is 5.94. The van der Waals surface area contributed by atoms with Crippen LogP contribution in [0.3, 0.4) is 0 Å². The summed E-state index contributed by atoms with van der Waals surface area (Å²) in [5.74, 6) is 0.922. The number of nitrogens with zero attached hydrogens (tertiary/aromatic N) is 1. The summed E-state index contributed by atoms with van der Waals surface area (Å²) in [5, 5.41) is 12.8. The molecule has 0 radical (unpaired) electrons. The molecule has 2 unspecified atom stereocenters. The molecule has 0 heterocycles. The minimum Gasteiger partial charge on any atom is -0.378 e. The standard InChI is InChI=1S/C15H26N2O/c1-2-9-17-15(12-16)8-6-14(11-15)18-10-7-13-4-3-5-13/h13-14,17H,2-11H2,1H3. The molecule has 0 aromatic rings. The van der Waals surface area contributed by atoms with Gasteiger partial charge in [-0.3, -0.25) is 5.32 Å². The molecule has 0 saturated heterocycles. The number of hydrogen-bond donors (Lipinski definition) is 1. The zero-order valence-electron chi connectivity index (χ0n) is 11.6. The molecule has 0 amide bonds. The van der Waals surface area contributed by atoms with Crippen LogP contribution in [0.2, 0.25) is 0 Å². The van der Waals surface area contributed by atoms with Crippen LogP contribution in [0.5, 0.6) is 0 Å². The fourth-order valence-electron chi connectivity index (χ4n) is 2.99. The average Bonchev–Trinajstić information content (AvgIpc) is 2.74. The van der Waals surface area contributed by atoms with Crippen molar-refractivity contribution in [3.05, 3.63) is 0 Å². The van der Waals surface area contributed by atoms with Crippen LogP contribution in [0, 0.1) is 17.2 Å². The van der Waals surface area contributed by atoms with E-state index in [9.17, 15) is 5.26 Å². The molecule has 2 aliphatic rings. The van der Waals surface area contributed by atoms with Gasteiger partial charge in [-0.25, -0.2) is 0 Å². The Morgan fingerprint density at radius 3 is 2.83 bits per heavy atom. The predicted molar refractivity (Wildman–Crippen MR) is 72.2 cm³/mol. The van der Waals surface area contributed by atoms with E-state index < -0.39 is 0 Å². The first-order valence-electron chi connectivity index (χ1n) is 7.56. The van der Waals surface area contributed by atoms with Crippen molar-refractivity contribution < 1.29 is 4.74 Å². The predicted octanol–water partition coefficient (Wildman–Crippen LogP) is 3.01. The third-order valence-electron chi connectivity index (χ3n) is 4.50. The van der Waals surface area contributed by atoms with Crippen LogP contribution in [0.15, 0.2) is 0 Å². The average molecular weight is 250 g/mol. The van der Waals surface area contributed by atoms with Crippen molar-refractivity contribution in [3.63, 3.8) is 0 Å². The molecule has 2 aliphatic carbocycles. The molecule has 0 aromatic carbocycles. The molecule has 2 saturated carbocycles.